The molecule has 0 aromatic heterocycles. The van der Waals surface area contributed by atoms with Crippen molar-refractivity contribution in [2.45, 2.75) is 31.7 Å². The summed E-state index contributed by atoms with van der Waals surface area (Å²) < 4.78 is 12.5. The van der Waals surface area contributed by atoms with Crippen molar-refractivity contribution in [2.75, 3.05) is 6.61 Å². The van der Waals surface area contributed by atoms with Crippen molar-refractivity contribution in [2.24, 2.45) is 5.92 Å². The zero-order chi connectivity index (χ0) is 21.6. The second kappa shape index (κ2) is 9.77. The van der Waals surface area contributed by atoms with Crippen molar-refractivity contribution in [1.29, 1.82) is 0 Å². The lowest BCUT2D eigenvalue weighted by atomic mass is 9.91. The van der Waals surface area contributed by atoms with Crippen LogP contribution >= 0.6 is 0 Å². The number of carbonyl (C=O) groups is 1. The molecular formula is C26H26O5. The summed E-state index contributed by atoms with van der Waals surface area (Å²) in [6.45, 7) is 0.472. The molecule has 1 unspecified atom stereocenters. The summed E-state index contributed by atoms with van der Waals surface area (Å²) in [7, 11) is 0. The third-order valence-electron chi connectivity index (χ3n) is 5.58. The molecule has 5 heteroatoms. The summed E-state index contributed by atoms with van der Waals surface area (Å²) in [4.78, 5) is 10.7. The van der Waals surface area contributed by atoms with Gasteiger partial charge in [-0.1, -0.05) is 66.7 Å². The van der Waals surface area contributed by atoms with Gasteiger partial charge in [-0.3, -0.25) is 4.79 Å². The first kappa shape index (κ1) is 21.1. The van der Waals surface area contributed by atoms with E-state index in [1.54, 1.807) is 12.1 Å². The quantitative estimate of drug-likeness (QED) is 0.477. The van der Waals surface area contributed by atoms with Gasteiger partial charge in [-0.05, 0) is 35.7 Å². The molecule has 0 bridgehead atoms. The van der Waals surface area contributed by atoms with E-state index >= 15 is 0 Å². The molecule has 0 amide bonds. The van der Waals surface area contributed by atoms with E-state index in [9.17, 15) is 9.90 Å². The van der Waals surface area contributed by atoms with Crippen LogP contribution in [0, 0.1) is 5.92 Å². The van der Waals surface area contributed by atoms with Gasteiger partial charge in [0.1, 0.15) is 5.75 Å². The summed E-state index contributed by atoms with van der Waals surface area (Å²) in [5.41, 5.74) is 1.68. The number of rotatable bonds is 7. The van der Waals surface area contributed by atoms with Crippen molar-refractivity contribution in [3.63, 3.8) is 0 Å². The molecule has 5 nitrogen and oxygen atoms in total. The molecule has 3 atom stereocenters. The monoisotopic (exact) mass is 418 g/mol. The number of phenolic OH excluding ortho intramolecular Hbond substituents is 1. The van der Waals surface area contributed by atoms with Gasteiger partial charge in [-0.15, -0.1) is 0 Å². The fourth-order valence-electron chi connectivity index (χ4n) is 3.95. The molecule has 1 heterocycles. The molecule has 3 aromatic carbocycles. The fraction of sp³-hybridized carbons (Fsp3) is 0.269. The van der Waals surface area contributed by atoms with E-state index in [-0.39, 0.29) is 24.2 Å². The second-order valence-corrected chi connectivity index (χ2v) is 7.79. The highest BCUT2D eigenvalue weighted by atomic mass is 16.7. The highest BCUT2D eigenvalue weighted by Gasteiger charge is 2.34. The summed E-state index contributed by atoms with van der Waals surface area (Å²) in [5, 5.41) is 21.5. The third-order valence-corrected chi connectivity index (χ3v) is 5.58. The van der Waals surface area contributed by atoms with Gasteiger partial charge in [-0.25, -0.2) is 0 Å². The van der Waals surface area contributed by atoms with Gasteiger partial charge in [-0.2, -0.15) is 0 Å². The number of benzene rings is 3. The Bertz CT molecular complexity index is 1070. The smallest absolute Gasteiger partial charge is 0.303 e. The van der Waals surface area contributed by atoms with Gasteiger partial charge in [0.15, 0.2) is 6.29 Å². The van der Waals surface area contributed by atoms with Gasteiger partial charge in [0.25, 0.3) is 0 Å². The number of phenols is 1. The maximum atomic E-state index is 10.7. The SMILES string of the molecule is O=C(O)CC/C=C\C[C@@H]1COC(c2ccc3ccccc3c2)O[C@@H]1c1ccccc1O. The Hall–Kier alpha value is -3.15. The Morgan fingerprint density at radius 2 is 1.77 bits per heavy atom. The van der Waals surface area contributed by atoms with Crippen LogP contribution in [0.2, 0.25) is 0 Å². The molecule has 1 aliphatic rings. The normalized spacial score (nSPS) is 21.5. The molecule has 4 rings (SSSR count). The molecule has 0 spiro atoms. The fourth-order valence-corrected chi connectivity index (χ4v) is 3.95. The molecule has 3 aromatic rings. The maximum absolute atomic E-state index is 10.7. The molecule has 1 aliphatic heterocycles. The zero-order valence-corrected chi connectivity index (χ0v) is 17.2. The first-order valence-corrected chi connectivity index (χ1v) is 10.5. The average Bonchev–Trinajstić information content (AvgIpc) is 2.79. The van der Waals surface area contributed by atoms with Crippen LogP contribution in [-0.4, -0.2) is 22.8 Å². The molecule has 1 saturated heterocycles. The minimum atomic E-state index is -0.806. The number of para-hydroxylation sites is 1. The van der Waals surface area contributed by atoms with E-state index in [1.807, 2.05) is 42.5 Å². The van der Waals surface area contributed by atoms with Crippen LogP contribution in [0.4, 0.5) is 0 Å². The van der Waals surface area contributed by atoms with Crippen molar-refractivity contribution in [3.05, 3.63) is 90.0 Å². The van der Waals surface area contributed by atoms with Crippen molar-refractivity contribution >= 4 is 16.7 Å². The average molecular weight is 418 g/mol. The number of hydrogen-bond donors (Lipinski definition) is 2. The molecule has 160 valence electrons. The van der Waals surface area contributed by atoms with E-state index in [0.29, 0.717) is 19.4 Å². The highest BCUT2D eigenvalue weighted by Crippen LogP contribution is 2.42. The lowest BCUT2D eigenvalue weighted by Gasteiger charge is -2.37. The van der Waals surface area contributed by atoms with E-state index in [1.165, 1.54) is 0 Å². The van der Waals surface area contributed by atoms with E-state index < -0.39 is 12.3 Å². The number of fused-ring (bicyclic) bond motifs is 1. The van der Waals surface area contributed by atoms with Crippen LogP contribution in [0.25, 0.3) is 10.8 Å². The molecule has 0 aliphatic carbocycles. The predicted molar refractivity (Wildman–Crippen MR) is 119 cm³/mol. The highest BCUT2D eigenvalue weighted by molar-refractivity contribution is 5.83. The Labute approximate surface area is 181 Å². The molecular weight excluding hydrogens is 392 g/mol. The van der Waals surface area contributed by atoms with Crippen LogP contribution in [0.5, 0.6) is 5.75 Å². The Morgan fingerprint density at radius 3 is 2.58 bits per heavy atom. The van der Waals surface area contributed by atoms with Gasteiger partial charge in [0.2, 0.25) is 0 Å². The lowest BCUT2D eigenvalue weighted by Crippen LogP contribution is -2.30. The number of ether oxygens (including phenoxy) is 2. The van der Waals surface area contributed by atoms with Gasteiger partial charge in [0.05, 0.1) is 12.7 Å². The van der Waals surface area contributed by atoms with Gasteiger partial charge < -0.3 is 19.7 Å². The third kappa shape index (κ3) is 5.13. The van der Waals surface area contributed by atoms with E-state index in [2.05, 4.69) is 24.3 Å². The van der Waals surface area contributed by atoms with Crippen molar-refractivity contribution < 1.29 is 24.5 Å². The maximum Gasteiger partial charge on any atom is 0.303 e. The first-order chi connectivity index (χ1) is 15.1. The van der Waals surface area contributed by atoms with Crippen LogP contribution in [0.1, 0.15) is 42.8 Å². The summed E-state index contributed by atoms with van der Waals surface area (Å²) in [6.07, 6.45) is 4.27. The van der Waals surface area contributed by atoms with E-state index in [0.717, 1.165) is 21.9 Å². The Balaban J connectivity index is 1.54. The van der Waals surface area contributed by atoms with Crippen LogP contribution in [-0.2, 0) is 14.3 Å². The lowest BCUT2D eigenvalue weighted by molar-refractivity contribution is -0.244. The van der Waals surface area contributed by atoms with Gasteiger partial charge >= 0.3 is 5.97 Å². The number of allylic oxidation sites excluding steroid dienone is 2. The molecule has 0 saturated carbocycles. The first-order valence-electron chi connectivity index (χ1n) is 10.5. The van der Waals surface area contributed by atoms with Crippen LogP contribution in [0.3, 0.4) is 0 Å². The number of aliphatic carboxylic acids is 1. The number of carboxylic acid groups (broad SMARTS) is 1. The molecule has 2 N–H and O–H groups in total. The topological polar surface area (TPSA) is 76.0 Å². The summed E-state index contributed by atoms with van der Waals surface area (Å²) in [5.74, 6) is -0.600. The van der Waals surface area contributed by atoms with Crippen LogP contribution < -0.4 is 0 Å². The van der Waals surface area contributed by atoms with Crippen LogP contribution in [0.15, 0.2) is 78.9 Å². The minimum absolute atomic E-state index is 0.00563. The Kier molecular flexibility index (Phi) is 6.65. The summed E-state index contributed by atoms with van der Waals surface area (Å²) in [6, 6.07) is 21.5. The zero-order valence-electron chi connectivity index (χ0n) is 17.2. The summed E-state index contributed by atoms with van der Waals surface area (Å²) >= 11 is 0. The number of hydrogen-bond acceptors (Lipinski definition) is 4. The van der Waals surface area contributed by atoms with Crippen molar-refractivity contribution in [1.82, 2.24) is 0 Å². The minimum Gasteiger partial charge on any atom is -0.508 e. The molecule has 1 fully saturated rings. The molecule has 0 radical (unpaired) electrons. The Morgan fingerprint density at radius 1 is 1.00 bits per heavy atom. The molecule has 31 heavy (non-hydrogen) atoms. The van der Waals surface area contributed by atoms with Gasteiger partial charge in [0, 0.05) is 23.5 Å². The van der Waals surface area contributed by atoms with Crippen molar-refractivity contribution in [3.8, 4) is 5.75 Å². The standard InChI is InChI=1S/C26H26O5/c27-23-12-7-6-11-22(23)25-21(10-2-1-3-13-24(28)29)17-30-26(31-25)20-15-14-18-8-4-5-9-19(18)16-20/h1-2,4-9,11-12,14-16,21,25-27H,3,10,13,17H2,(H,28,29)/b2-1-/t21-,25+,26?/m1/s1. The predicted octanol–water partition coefficient (Wildman–Crippen LogP) is 5.76. The second-order valence-electron chi connectivity index (χ2n) is 7.79. The number of aromatic hydroxyl groups is 1. The largest absolute Gasteiger partial charge is 0.508 e. The van der Waals surface area contributed by atoms with E-state index in [4.69, 9.17) is 14.6 Å². The number of carboxylic acids is 1.